The highest BCUT2D eigenvalue weighted by atomic mass is 35.5. The molecule has 0 radical (unpaired) electrons. The average Bonchev–Trinajstić information content (AvgIpc) is 2.83. The summed E-state index contributed by atoms with van der Waals surface area (Å²) < 4.78 is 24.7. The van der Waals surface area contributed by atoms with Crippen molar-refractivity contribution < 1.29 is 13.5 Å². The topological polar surface area (TPSA) is 34.4 Å². The van der Waals surface area contributed by atoms with Crippen molar-refractivity contribution in [1.82, 2.24) is 5.32 Å². The van der Waals surface area contributed by atoms with E-state index in [-0.39, 0.29) is 11.0 Å². The van der Waals surface area contributed by atoms with Crippen molar-refractivity contribution in [1.29, 1.82) is 0 Å². The molecule has 0 aliphatic heterocycles. The summed E-state index contributed by atoms with van der Waals surface area (Å²) in [5, 5.41) is 3.45. The fraction of sp³-hybridized carbons (Fsp3) is 0.286. The van der Waals surface area contributed by atoms with Gasteiger partial charge in [0.05, 0.1) is 13.2 Å². The highest BCUT2D eigenvalue weighted by molar-refractivity contribution is 6.28. The van der Waals surface area contributed by atoms with Crippen molar-refractivity contribution in [3.63, 3.8) is 0 Å². The molecule has 5 heteroatoms. The summed E-state index contributed by atoms with van der Waals surface area (Å²) in [6.07, 6.45) is 0. The fourth-order valence-electron chi connectivity index (χ4n) is 1.96. The van der Waals surface area contributed by atoms with Crippen LogP contribution < -0.4 is 10.1 Å². The molecule has 2 aromatic rings. The number of hydrogen-bond donors (Lipinski definition) is 1. The number of halogens is 2. The number of benzene rings is 1. The van der Waals surface area contributed by atoms with Gasteiger partial charge in [-0.15, -0.1) is 0 Å². The van der Waals surface area contributed by atoms with E-state index in [0.717, 1.165) is 0 Å². The summed E-state index contributed by atoms with van der Waals surface area (Å²) in [4.78, 5) is 0. The Labute approximate surface area is 116 Å². The summed E-state index contributed by atoms with van der Waals surface area (Å²) in [5.74, 6) is 0.375. The predicted molar refractivity (Wildman–Crippen MR) is 72.2 cm³/mol. The first-order valence-corrected chi connectivity index (χ1v) is 6.36. The van der Waals surface area contributed by atoms with E-state index in [2.05, 4.69) is 5.32 Å². The highest BCUT2D eigenvalue weighted by Crippen LogP contribution is 2.31. The van der Waals surface area contributed by atoms with Crippen molar-refractivity contribution >= 4 is 11.6 Å². The molecule has 1 aromatic carbocycles. The molecule has 1 aromatic heterocycles. The molecule has 1 heterocycles. The van der Waals surface area contributed by atoms with Crippen LogP contribution in [0.5, 0.6) is 5.75 Å². The molecular weight excluding hydrogens is 269 g/mol. The van der Waals surface area contributed by atoms with Crippen LogP contribution in [0.25, 0.3) is 0 Å². The highest BCUT2D eigenvalue weighted by Gasteiger charge is 2.22. The van der Waals surface area contributed by atoms with Crippen LogP contribution in [-0.4, -0.2) is 13.7 Å². The van der Waals surface area contributed by atoms with Crippen LogP contribution in [0.2, 0.25) is 5.22 Å². The third kappa shape index (κ3) is 2.91. The van der Waals surface area contributed by atoms with Crippen LogP contribution in [0.4, 0.5) is 4.39 Å². The zero-order valence-electron chi connectivity index (χ0n) is 10.7. The number of hydrogen-bond acceptors (Lipinski definition) is 3. The Kier molecular flexibility index (Phi) is 4.45. The van der Waals surface area contributed by atoms with Crippen molar-refractivity contribution in [2.45, 2.75) is 13.0 Å². The van der Waals surface area contributed by atoms with E-state index in [1.807, 2.05) is 6.92 Å². The molecule has 1 N–H and O–H groups in total. The molecule has 0 spiro atoms. The van der Waals surface area contributed by atoms with Gasteiger partial charge in [0.15, 0.2) is 16.8 Å². The van der Waals surface area contributed by atoms with Gasteiger partial charge in [0, 0.05) is 5.56 Å². The lowest BCUT2D eigenvalue weighted by Crippen LogP contribution is -2.22. The minimum Gasteiger partial charge on any atom is -0.494 e. The van der Waals surface area contributed by atoms with Crippen molar-refractivity contribution in [2.24, 2.45) is 0 Å². The minimum atomic E-state index is -0.400. The second-order valence-corrected chi connectivity index (χ2v) is 4.37. The van der Waals surface area contributed by atoms with E-state index >= 15 is 0 Å². The van der Waals surface area contributed by atoms with E-state index in [4.69, 9.17) is 20.8 Å². The maximum absolute atomic E-state index is 14.3. The Bertz CT molecular complexity index is 556. The Morgan fingerprint density at radius 3 is 2.74 bits per heavy atom. The molecule has 0 saturated heterocycles. The summed E-state index contributed by atoms with van der Waals surface area (Å²) in [5.41, 5.74) is 0.465. The summed E-state index contributed by atoms with van der Waals surface area (Å²) in [6, 6.07) is 7.99. The summed E-state index contributed by atoms with van der Waals surface area (Å²) >= 11 is 5.78. The maximum atomic E-state index is 14.3. The molecule has 0 aliphatic rings. The third-order valence-corrected chi connectivity index (χ3v) is 3.01. The largest absolute Gasteiger partial charge is 0.494 e. The number of rotatable bonds is 5. The molecule has 0 bridgehead atoms. The lowest BCUT2D eigenvalue weighted by atomic mass is 10.0. The number of methoxy groups -OCH3 is 1. The third-order valence-electron chi connectivity index (χ3n) is 2.81. The van der Waals surface area contributed by atoms with Crippen molar-refractivity contribution in [3.8, 4) is 5.75 Å². The second kappa shape index (κ2) is 6.08. The molecule has 1 unspecified atom stereocenters. The molecule has 0 saturated carbocycles. The summed E-state index contributed by atoms with van der Waals surface area (Å²) in [6.45, 7) is 2.61. The Morgan fingerprint density at radius 1 is 1.37 bits per heavy atom. The van der Waals surface area contributed by atoms with Gasteiger partial charge in [-0.3, -0.25) is 0 Å². The Balaban J connectivity index is 2.44. The molecule has 102 valence electrons. The minimum absolute atomic E-state index is 0.207. The lowest BCUT2D eigenvalue weighted by molar-refractivity contribution is 0.377. The molecule has 3 nitrogen and oxygen atoms in total. The monoisotopic (exact) mass is 283 g/mol. The molecule has 1 atom stereocenters. The van der Waals surface area contributed by atoms with Gasteiger partial charge in [0.25, 0.3) is 0 Å². The van der Waals surface area contributed by atoms with Gasteiger partial charge in [0.2, 0.25) is 0 Å². The standard InChI is InChI=1S/C14H15ClFNO2/c1-3-17-14(11-7-8-12(15)19-11)9-5-4-6-10(18-2)13(9)16/h4-8,14,17H,3H2,1-2H3. The quantitative estimate of drug-likeness (QED) is 0.907. The first kappa shape index (κ1) is 13.9. The first-order valence-electron chi connectivity index (χ1n) is 5.98. The van der Waals surface area contributed by atoms with E-state index in [9.17, 15) is 4.39 Å². The molecular formula is C14H15ClFNO2. The van der Waals surface area contributed by atoms with Crippen molar-refractivity contribution in [2.75, 3.05) is 13.7 Å². The summed E-state index contributed by atoms with van der Waals surface area (Å²) in [7, 11) is 1.44. The predicted octanol–water partition coefficient (Wildman–Crippen LogP) is 3.78. The van der Waals surface area contributed by atoms with Gasteiger partial charge in [-0.1, -0.05) is 19.1 Å². The van der Waals surface area contributed by atoms with Crippen LogP contribution in [0, 0.1) is 5.82 Å². The molecule has 19 heavy (non-hydrogen) atoms. The average molecular weight is 284 g/mol. The zero-order chi connectivity index (χ0) is 13.8. The SMILES string of the molecule is CCNC(c1ccc(Cl)o1)c1cccc(OC)c1F. The van der Waals surface area contributed by atoms with Crippen LogP contribution in [-0.2, 0) is 0 Å². The van der Waals surface area contributed by atoms with Crippen LogP contribution >= 0.6 is 11.6 Å². The molecule has 0 aliphatic carbocycles. The van der Waals surface area contributed by atoms with E-state index in [1.165, 1.54) is 7.11 Å². The van der Waals surface area contributed by atoms with E-state index in [0.29, 0.717) is 17.9 Å². The normalized spacial score (nSPS) is 12.4. The zero-order valence-corrected chi connectivity index (χ0v) is 11.5. The van der Waals surface area contributed by atoms with Crippen LogP contribution in [0.15, 0.2) is 34.7 Å². The fourth-order valence-corrected chi connectivity index (χ4v) is 2.11. The van der Waals surface area contributed by atoms with Gasteiger partial charge in [0.1, 0.15) is 5.76 Å². The van der Waals surface area contributed by atoms with Crippen LogP contribution in [0.3, 0.4) is 0 Å². The second-order valence-electron chi connectivity index (χ2n) is 4.00. The van der Waals surface area contributed by atoms with Gasteiger partial charge in [-0.25, -0.2) is 4.39 Å². The smallest absolute Gasteiger partial charge is 0.193 e. The van der Waals surface area contributed by atoms with Gasteiger partial charge < -0.3 is 14.5 Å². The van der Waals surface area contributed by atoms with E-state index < -0.39 is 11.9 Å². The van der Waals surface area contributed by atoms with Gasteiger partial charge in [-0.2, -0.15) is 0 Å². The number of nitrogens with one attached hydrogen (secondary N) is 1. The lowest BCUT2D eigenvalue weighted by Gasteiger charge is -2.17. The van der Waals surface area contributed by atoms with Crippen LogP contribution in [0.1, 0.15) is 24.3 Å². The Morgan fingerprint density at radius 2 is 2.16 bits per heavy atom. The Hall–Kier alpha value is -1.52. The molecule has 0 amide bonds. The molecule has 2 rings (SSSR count). The number of ether oxygens (including phenoxy) is 1. The van der Waals surface area contributed by atoms with Gasteiger partial charge >= 0.3 is 0 Å². The first-order chi connectivity index (χ1) is 9.17. The maximum Gasteiger partial charge on any atom is 0.193 e. The van der Waals surface area contributed by atoms with Gasteiger partial charge in [-0.05, 0) is 36.3 Å². The van der Waals surface area contributed by atoms with E-state index in [1.54, 1.807) is 30.3 Å². The van der Waals surface area contributed by atoms with Crippen molar-refractivity contribution in [3.05, 3.63) is 52.7 Å². The number of furan rings is 1. The molecule has 0 fully saturated rings.